The highest BCUT2D eigenvalue weighted by molar-refractivity contribution is 9.11. The van der Waals surface area contributed by atoms with Crippen molar-refractivity contribution in [1.82, 2.24) is 0 Å². The Hall–Kier alpha value is -3.83. The lowest BCUT2D eigenvalue weighted by Crippen LogP contribution is -2.07. The van der Waals surface area contributed by atoms with E-state index in [0.717, 1.165) is 34.1 Å². The van der Waals surface area contributed by atoms with Crippen molar-refractivity contribution in [2.24, 2.45) is 0 Å². The number of halogens is 8. The molecule has 220 valence electrons. The molecule has 6 rings (SSSR count). The summed E-state index contributed by atoms with van der Waals surface area (Å²) >= 11 is 6.69. The Bertz CT molecular complexity index is 1940. The van der Waals surface area contributed by atoms with Crippen LogP contribution in [0, 0.1) is 0 Å². The van der Waals surface area contributed by atoms with E-state index in [-0.39, 0.29) is 11.3 Å². The zero-order valence-electron chi connectivity index (χ0n) is 21.7. The Labute approximate surface area is 257 Å². The average Bonchev–Trinajstić information content (AvgIpc) is 3.58. The van der Waals surface area contributed by atoms with Crippen LogP contribution in [-0.4, -0.2) is 5.78 Å². The van der Waals surface area contributed by atoms with E-state index >= 15 is 0 Å². The lowest BCUT2D eigenvalue weighted by atomic mass is 10.1. The van der Waals surface area contributed by atoms with Gasteiger partial charge in [-0.05, 0) is 79.9 Å². The van der Waals surface area contributed by atoms with E-state index in [1.807, 2.05) is 24.3 Å². The largest absolute Gasteiger partial charge is 0.460 e. The number of alkyl halides is 6. The van der Waals surface area contributed by atoms with E-state index in [2.05, 4.69) is 31.9 Å². The van der Waals surface area contributed by atoms with Crippen molar-refractivity contribution in [2.45, 2.75) is 18.8 Å². The van der Waals surface area contributed by atoms with Gasteiger partial charge < -0.3 is 8.83 Å². The van der Waals surface area contributed by atoms with Crippen molar-refractivity contribution < 1.29 is 40.0 Å². The molecule has 6 aromatic rings. The van der Waals surface area contributed by atoms with Gasteiger partial charge in [0, 0.05) is 22.8 Å². The van der Waals surface area contributed by atoms with Crippen LogP contribution in [0.4, 0.5) is 26.3 Å². The first-order chi connectivity index (χ1) is 20.3. The smallest absolute Gasteiger partial charge is 0.416 e. The number of benzene rings is 4. The molecule has 0 amide bonds. The number of fused-ring (bicyclic) bond motifs is 2. The molecule has 4 aromatic carbocycles. The van der Waals surface area contributed by atoms with Crippen LogP contribution < -0.4 is 0 Å². The van der Waals surface area contributed by atoms with E-state index in [9.17, 15) is 31.1 Å². The molecule has 0 aliphatic heterocycles. The Kier molecular flexibility index (Phi) is 8.58. The predicted octanol–water partition coefficient (Wildman–Crippen LogP) is 11.2. The third-order valence-corrected chi connectivity index (χ3v) is 7.60. The second kappa shape index (κ2) is 12.0. The maximum atomic E-state index is 12.7. The summed E-state index contributed by atoms with van der Waals surface area (Å²) in [5.41, 5.74) is 0.190. The summed E-state index contributed by atoms with van der Waals surface area (Å²) in [5.74, 6) is 0.0478. The molecule has 0 spiro atoms. The van der Waals surface area contributed by atoms with Gasteiger partial charge in [0.05, 0.1) is 20.1 Å². The van der Waals surface area contributed by atoms with Crippen LogP contribution in [0.1, 0.15) is 38.6 Å². The first kappa shape index (κ1) is 30.6. The third kappa shape index (κ3) is 7.05. The number of hydrogen-bond acceptors (Lipinski definition) is 3. The lowest BCUT2D eigenvalue weighted by Gasteiger charge is -2.07. The zero-order valence-corrected chi connectivity index (χ0v) is 24.9. The van der Waals surface area contributed by atoms with Gasteiger partial charge in [0.2, 0.25) is 5.78 Å². The molecule has 0 saturated carbocycles. The second-order valence-corrected chi connectivity index (χ2v) is 11.1. The van der Waals surface area contributed by atoms with Gasteiger partial charge >= 0.3 is 12.4 Å². The van der Waals surface area contributed by atoms with Gasteiger partial charge in [0.15, 0.2) is 5.76 Å². The minimum atomic E-state index is -4.49. The second-order valence-electron chi connectivity index (χ2n) is 9.42. The number of para-hydroxylation sites is 2. The van der Waals surface area contributed by atoms with Crippen molar-refractivity contribution >= 4 is 59.6 Å². The molecule has 0 saturated heterocycles. The van der Waals surface area contributed by atoms with Crippen LogP contribution in [-0.2, 0) is 18.8 Å². The van der Waals surface area contributed by atoms with Crippen LogP contribution in [0.15, 0.2) is 115 Å². The highest BCUT2D eigenvalue weighted by Gasteiger charge is 2.32. The first-order valence-electron chi connectivity index (χ1n) is 12.5. The molecule has 3 nitrogen and oxygen atoms in total. The standard InChI is InChI=1S/C16H8BrF3O2.C16H10BrF3O/c17-12-6-2-4-10-8-13(22-15(10)12)14(21)9-3-1-5-11(7-9)16(18,19)20;17-14-6-2-4-11-9-13(21-15(11)14)8-10-3-1-5-12(7-10)16(18,19)20/h1-8H;1-7,9H,8H2. The monoisotopic (exact) mass is 722 g/mol. The average molecular weight is 724 g/mol. The van der Waals surface area contributed by atoms with E-state index in [0.29, 0.717) is 38.8 Å². The van der Waals surface area contributed by atoms with Gasteiger partial charge in [-0.25, -0.2) is 0 Å². The van der Waals surface area contributed by atoms with E-state index in [1.165, 1.54) is 24.3 Å². The highest BCUT2D eigenvalue weighted by Crippen LogP contribution is 2.33. The molecule has 0 N–H and O–H groups in total. The number of ketones is 1. The Morgan fingerprint density at radius 2 is 1.16 bits per heavy atom. The van der Waals surface area contributed by atoms with Gasteiger partial charge in [0.25, 0.3) is 0 Å². The number of carbonyl (C=O) groups is 1. The zero-order chi connectivity index (χ0) is 30.9. The molecule has 0 atom stereocenters. The summed E-state index contributed by atoms with van der Waals surface area (Å²) in [4.78, 5) is 12.3. The van der Waals surface area contributed by atoms with Crippen molar-refractivity contribution in [3.8, 4) is 0 Å². The molecule has 0 radical (unpaired) electrons. The van der Waals surface area contributed by atoms with Gasteiger partial charge in [-0.2, -0.15) is 26.3 Å². The van der Waals surface area contributed by atoms with Gasteiger partial charge in [-0.3, -0.25) is 4.79 Å². The molecule has 2 heterocycles. The molecular formula is C32H18Br2F6O3. The highest BCUT2D eigenvalue weighted by atomic mass is 79.9. The lowest BCUT2D eigenvalue weighted by molar-refractivity contribution is -0.138. The van der Waals surface area contributed by atoms with Crippen molar-refractivity contribution in [1.29, 1.82) is 0 Å². The fourth-order valence-electron chi connectivity index (χ4n) is 4.35. The molecule has 0 aliphatic carbocycles. The van der Waals surface area contributed by atoms with Crippen LogP contribution in [0.3, 0.4) is 0 Å². The third-order valence-electron chi connectivity index (χ3n) is 6.35. The Morgan fingerprint density at radius 1 is 0.628 bits per heavy atom. The molecule has 2 aromatic heterocycles. The normalized spacial score (nSPS) is 11.9. The van der Waals surface area contributed by atoms with Gasteiger partial charge in [-0.15, -0.1) is 0 Å². The summed E-state index contributed by atoms with van der Waals surface area (Å²) in [7, 11) is 0. The SMILES string of the molecule is FC(F)(F)c1cccc(Cc2cc3cccc(Br)c3o2)c1.O=C(c1cccc(C(F)(F)F)c1)c1cc2cccc(Br)c2o1. The number of hydrogen-bond donors (Lipinski definition) is 0. The number of furan rings is 2. The molecule has 0 fully saturated rings. The predicted molar refractivity (Wildman–Crippen MR) is 157 cm³/mol. The molecule has 0 bridgehead atoms. The van der Waals surface area contributed by atoms with Crippen LogP contribution >= 0.6 is 31.9 Å². The van der Waals surface area contributed by atoms with Crippen molar-refractivity contribution in [3.63, 3.8) is 0 Å². The summed E-state index contributed by atoms with van der Waals surface area (Å²) < 4.78 is 88.9. The molecule has 0 unspecified atom stereocenters. The summed E-state index contributed by atoms with van der Waals surface area (Å²) in [6, 6.07) is 23.9. The summed E-state index contributed by atoms with van der Waals surface area (Å²) in [6.45, 7) is 0. The van der Waals surface area contributed by atoms with Crippen LogP contribution in [0.2, 0.25) is 0 Å². The van der Waals surface area contributed by atoms with Crippen LogP contribution in [0.25, 0.3) is 21.9 Å². The summed E-state index contributed by atoms with van der Waals surface area (Å²) in [5, 5.41) is 1.62. The maximum absolute atomic E-state index is 12.7. The van der Waals surface area contributed by atoms with Gasteiger partial charge in [-0.1, -0.05) is 54.6 Å². The minimum Gasteiger partial charge on any atom is -0.460 e. The molecule has 0 aliphatic rings. The fourth-order valence-corrected chi connectivity index (χ4v) is 5.27. The summed E-state index contributed by atoms with van der Waals surface area (Å²) in [6.07, 6.45) is -8.49. The van der Waals surface area contributed by atoms with E-state index in [1.54, 1.807) is 24.3 Å². The Morgan fingerprint density at radius 3 is 1.74 bits per heavy atom. The molecular weight excluding hydrogens is 706 g/mol. The van der Waals surface area contributed by atoms with Crippen molar-refractivity contribution in [3.05, 3.63) is 140 Å². The quantitative estimate of drug-likeness (QED) is 0.134. The van der Waals surface area contributed by atoms with Gasteiger partial charge in [0.1, 0.15) is 16.9 Å². The maximum Gasteiger partial charge on any atom is 0.416 e. The van der Waals surface area contributed by atoms with Crippen LogP contribution in [0.5, 0.6) is 0 Å². The molecule has 11 heteroatoms. The Balaban J connectivity index is 0.000000171. The minimum absolute atomic E-state index is 0.00113. The van der Waals surface area contributed by atoms with Crippen molar-refractivity contribution in [2.75, 3.05) is 0 Å². The number of rotatable bonds is 4. The first-order valence-corrected chi connectivity index (χ1v) is 14.1. The van der Waals surface area contributed by atoms with E-state index < -0.39 is 29.3 Å². The molecule has 43 heavy (non-hydrogen) atoms. The topological polar surface area (TPSA) is 43.4 Å². The fraction of sp³-hybridized carbons (Fsp3) is 0.0938. The van der Waals surface area contributed by atoms with E-state index in [4.69, 9.17) is 8.83 Å². The number of carbonyl (C=O) groups excluding carboxylic acids is 1.